The van der Waals surface area contributed by atoms with Crippen molar-refractivity contribution in [3.05, 3.63) is 32.9 Å². The van der Waals surface area contributed by atoms with Gasteiger partial charge in [-0.1, -0.05) is 33.8 Å². The van der Waals surface area contributed by atoms with Gasteiger partial charge in [0.1, 0.15) is 0 Å². The van der Waals surface area contributed by atoms with E-state index in [1.165, 1.54) is 16.4 Å². The lowest BCUT2D eigenvalue weighted by molar-refractivity contribution is 0.236. The van der Waals surface area contributed by atoms with E-state index in [-0.39, 0.29) is 0 Å². The number of hydrogen-bond donors (Lipinski definition) is 0. The lowest BCUT2D eigenvalue weighted by atomic mass is 9.66. The number of halogens is 1. The van der Waals surface area contributed by atoms with Gasteiger partial charge in [-0.05, 0) is 82.4 Å². The number of hydrogen-bond acceptors (Lipinski definition) is 0. The molecule has 0 N–H and O–H groups in total. The first-order chi connectivity index (χ1) is 8.00. The Morgan fingerprint density at radius 2 is 1.82 bits per heavy atom. The highest BCUT2D eigenvalue weighted by atomic mass is 127. The summed E-state index contributed by atoms with van der Waals surface area (Å²) in [6.45, 7) is 9.54. The van der Waals surface area contributed by atoms with E-state index < -0.39 is 0 Å². The Morgan fingerprint density at radius 1 is 1.12 bits per heavy atom. The summed E-state index contributed by atoms with van der Waals surface area (Å²) in [7, 11) is 0. The van der Waals surface area contributed by atoms with Crippen molar-refractivity contribution in [2.45, 2.75) is 46.5 Å². The SMILES string of the molecule is CC(C)C1CCc2cc(I)ccc2C1C(C)C. The van der Waals surface area contributed by atoms with Gasteiger partial charge in [0.2, 0.25) is 0 Å². The molecule has 1 aromatic rings. The molecule has 94 valence electrons. The molecule has 0 aromatic heterocycles. The molecule has 2 unspecified atom stereocenters. The molecular formula is C16H23I. The summed E-state index contributed by atoms with van der Waals surface area (Å²) < 4.78 is 1.38. The molecule has 0 radical (unpaired) electrons. The summed E-state index contributed by atoms with van der Waals surface area (Å²) in [5, 5.41) is 0. The molecular weight excluding hydrogens is 319 g/mol. The molecule has 2 atom stereocenters. The monoisotopic (exact) mass is 342 g/mol. The maximum absolute atomic E-state index is 2.43. The molecule has 17 heavy (non-hydrogen) atoms. The second kappa shape index (κ2) is 5.29. The van der Waals surface area contributed by atoms with E-state index in [1.807, 2.05) is 0 Å². The van der Waals surface area contributed by atoms with Gasteiger partial charge in [-0.25, -0.2) is 0 Å². The van der Waals surface area contributed by atoms with Gasteiger partial charge >= 0.3 is 0 Å². The van der Waals surface area contributed by atoms with Gasteiger partial charge in [-0.15, -0.1) is 0 Å². The molecule has 2 rings (SSSR count). The average molecular weight is 342 g/mol. The fourth-order valence-corrected chi connectivity index (χ4v) is 4.01. The highest BCUT2D eigenvalue weighted by Gasteiger charge is 2.33. The first kappa shape index (κ1) is 13.4. The van der Waals surface area contributed by atoms with Crippen molar-refractivity contribution in [2.75, 3.05) is 0 Å². The van der Waals surface area contributed by atoms with Crippen LogP contribution in [0.15, 0.2) is 18.2 Å². The summed E-state index contributed by atoms with van der Waals surface area (Å²) in [6.07, 6.45) is 2.64. The van der Waals surface area contributed by atoms with Gasteiger partial charge in [0.15, 0.2) is 0 Å². The van der Waals surface area contributed by atoms with E-state index in [0.717, 1.165) is 23.7 Å². The summed E-state index contributed by atoms with van der Waals surface area (Å²) in [6, 6.07) is 7.05. The molecule has 1 heteroatoms. The zero-order valence-corrected chi connectivity index (χ0v) is 13.5. The Balaban J connectivity index is 2.42. The fourth-order valence-electron chi connectivity index (χ4n) is 3.45. The van der Waals surface area contributed by atoms with Gasteiger partial charge in [0, 0.05) is 3.57 Å². The molecule has 0 fully saturated rings. The second-order valence-electron chi connectivity index (χ2n) is 6.06. The number of fused-ring (bicyclic) bond motifs is 1. The first-order valence-corrected chi connectivity index (χ1v) is 7.87. The van der Waals surface area contributed by atoms with Gasteiger partial charge in [-0.2, -0.15) is 0 Å². The van der Waals surface area contributed by atoms with E-state index in [9.17, 15) is 0 Å². The van der Waals surface area contributed by atoms with Crippen molar-refractivity contribution in [2.24, 2.45) is 17.8 Å². The smallest absolute Gasteiger partial charge is 0.0133 e. The third kappa shape index (κ3) is 2.69. The zero-order valence-electron chi connectivity index (χ0n) is 11.3. The first-order valence-electron chi connectivity index (χ1n) is 6.79. The van der Waals surface area contributed by atoms with Crippen LogP contribution in [0.4, 0.5) is 0 Å². The van der Waals surface area contributed by atoms with Crippen molar-refractivity contribution < 1.29 is 0 Å². The molecule has 0 aliphatic heterocycles. The second-order valence-corrected chi connectivity index (χ2v) is 7.31. The van der Waals surface area contributed by atoms with E-state index in [1.54, 1.807) is 11.1 Å². The minimum absolute atomic E-state index is 0.751. The van der Waals surface area contributed by atoms with Gasteiger partial charge in [-0.3, -0.25) is 0 Å². The van der Waals surface area contributed by atoms with Gasteiger partial charge < -0.3 is 0 Å². The van der Waals surface area contributed by atoms with Crippen molar-refractivity contribution >= 4 is 22.6 Å². The van der Waals surface area contributed by atoms with Crippen LogP contribution in [-0.2, 0) is 6.42 Å². The van der Waals surface area contributed by atoms with Crippen molar-refractivity contribution in [1.82, 2.24) is 0 Å². The molecule has 1 aromatic carbocycles. The number of benzene rings is 1. The molecule has 0 nitrogen and oxygen atoms in total. The summed E-state index contributed by atoms with van der Waals surface area (Å²) >= 11 is 2.43. The van der Waals surface area contributed by atoms with Crippen LogP contribution in [0.3, 0.4) is 0 Å². The number of aryl methyl sites for hydroxylation is 1. The predicted octanol–water partition coefficient (Wildman–Crippen LogP) is 5.25. The van der Waals surface area contributed by atoms with Crippen LogP contribution >= 0.6 is 22.6 Å². The highest BCUT2D eigenvalue weighted by Crippen LogP contribution is 2.44. The van der Waals surface area contributed by atoms with Crippen LogP contribution in [0.25, 0.3) is 0 Å². The van der Waals surface area contributed by atoms with E-state index >= 15 is 0 Å². The average Bonchev–Trinajstić information content (AvgIpc) is 2.26. The van der Waals surface area contributed by atoms with Crippen LogP contribution in [0.5, 0.6) is 0 Å². The molecule has 1 aliphatic rings. The summed E-state index contributed by atoms with van der Waals surface area (Å²) in [4.78, 5) is 0. The van der Waals surface area contributed by atoms with Gasteiger partial charge in [0.25, 0.3) is 0 Å². The highest BCUT2D eigenvalue weighted by molar-refractivity contribution is 14.1. The minimum atomic E-state index is 0.751. The zero-order chi connectivity index (χ0) is 12.6. The van der Waals surface area contributed by atoms with E-state index in [4.69, 9.17) is 0 Å². The Hall–Kier alpha value is -0.0500. The van der Waals surface area contributed by atoms with Crippen LogP contribution < -0.4 is 0 Å². The molecule has 0 spiro atoms. The van der Waals surface area contributed by atoms with Gasteiger partial charge in [0.05, 0.1) is 0 Å². The molecule has 0 bridgehead atoms. The number of rotatable bonds is 2. The van der Waals surface area contributed by atoms with Crippen LogP contribution in [0, 0.1) is 21.3 Å². The van der Waals surface area contributed by atoms with Crippen LogP contribution in [0.2, 0.25) is 0 Å². The molecule has 0 amide bonds. The standard InChI is InChI=1S/C16H23I/c1-10(2)14-7-5-12-9-13(17)6-8-15(12)16(14)11(3)4/h6,8-11,14,16H,5,7H2,1-4H3. The lowest BCUT2D eigenvalue weighted by Gasteiger charge is -2.38. The van der Waals surface area contributed by atoms with Crippen molar-refractivity contribution in [1.29, 1.82) is 0 Å². The maximum Gasteiger partial charge on any atom is 0.0133 e. The van der Waals surface area contributed by atoms with E-state index in [0.29, 0.717) is 0 Å². The Morgan fingerprint density at radius 3 is 2.41 bits per heavy atom. The third-order valence-corrected chi connectivity index (χ3v) is 4.92. The van der Waals surface area contributed by atoms with E-state index in [2.05, 4.69) is 68.5 Å². The van der Waals surface area contributed by atoms with Crippen LogP contribution in [0.1, 0.15) is 51.2 Å². The molecule has 0 heterocycles. The third-order valence-electron chi connectivity index (χ3n) is 4.25. The normalized spacial score (nSPS) is 24.2. The van der Waals surface area contributed by atoms with Crippen LogP contribution in [-0.4, -0.2) is 0 Å². The Kier molecular flexibility index (Phi) is 4.17. The Bertz CT molecular complexity index is 393. The largest absolute Gasteiger partial charge is 0.0625 e. The topological polar surface area (TPSA) is 0 Å². The maximum atomic E-state index is 2.43. The van der Waals surface area contributed by atoms with Crippen molar-refractivity contribution in [3.63, 3.8) is 0 Å². The molecule has 0 saturated heterocycles. The molecule has 1 aliphatic carbocycles. The Labute approximate surface area is 119 Å². The summed E-state index contributed by atoms with van der Waals surface area (Å²) in [5.74, 6) is 3.18. The van der Waals surface area contributed by atoms with Crippen molar-refractivity contribution in [3.8, 4) is 0 Å². The lowest BCUT2D eigenvalue weighted by Crippen LogP contribution is -2.28. The molecule has 0 saturated carbocycles. The quantitative estimate of drug-likeness (QED) is 0.644. The summed E-state index contributed by atoms with van der Waals surface area (Å²) in [5.41, 5.74) is 3.23. The fraction of sp³-hybridized carbons (Fsp3) is 0.625. The minimum Gasteiger partial charge on any atom is -0.0625 e. The predicted molar refractivity (Wildman–Crippen MR) is 83.4 cm³/mol.